The lowest BCUT2D eigenvalue weighted by atomic mass is 9.96. The Bertz CT molecular complexity index is 2390. The number of nitrogens with zero attached hydrogens (tertiary/aromatic N) is 8. The first-order valence-electron chi connectivity index (χ1n) is 21.4. The van der Waals surface area contributed by atoms with Crippen LogP contribution in [-0.2, 0) is 9.59 Å². The SMILES string of the molecule is Cc1nc(Nc2ncc(C(=O)Nc3c(C)cccc3Cl)s2)cc(N2CCC(N3CCN(CC4CCCN(c5ccc6c(c5)C(=O)N(C5CCC(=O)NC5=O)C6=O)C4)CC3)CC2)n1. The summed E-state index contributed by atoms with van der Waals surface area (Å²) < 4.78 is 0. The van der Waals surface area contributed by atoms with E-state index in [2.05, 4.69) is 45.5 Å². The van der Waals surface area contributed by atoms with Gasteiger partial charge in [0.15, 0.2) is 5.13 Å². The molecule has 18 heteroatoms. The van der Waals surface area contributed by atoms with Crippen LogP contribution in [0.3, 0.4) is 0 Å². The minimum absolute atomic E-state index is 0.0964. The van der Waals surface area contributed by atoms with E-state index in [9.17, 15) is 24.0 Å². The molecule has 4 fully saturated rings. The van der Waals surface area contributed by atoms with Gasteiger partial charge in [-0.25, -0.2) is 15.0 Å². The molecule has 3 N–H and O–H groups in total. The van der Waals surface area contributed by atoms with Gasteiger partial charge < -0.3 is 25.3 Å². The highest BCUT2D eigenvalue weighted by Gasteiger charge is 2.45. The van der Waals surface area contributed by atoms with Gasteiger partial charge in [-0.15, -0.1) is 0 Å². The molecule has 0 aliphatic carbocycles. The third-order valence-corrected chi connectivity index (χ3v) is 14.0. The van der Waals surface area contributed by atoms with E-state index in [-0.39, 0.29) is 24.7 Å². The number of para-hydroxylation sites is 1. The van der Waals surface area contributed by atoms with Crippen molar-refractivity contribution in [1.82, 2.24) is 35.0 Å². The van der Waals surface area contributed by atoms with Crippen LogP contribution in [0.25, 0.3) is 0 Å². The Balaban J connectivity index is 0.737. The molecule has 0 radical (unpaired) electrons. The van der Waals surface area contributed by atoms with E-state index in [1.54, 1.807) is 18.3 Å². The maximum atomic E-state index is 13.5. The first kappa shape index (κ1) is 41.8. The highest BCUT2D eigenvalue weighted by Crippen LogP contribution is 2.34. The summed E-state index contributed by atoms with van der Waals surface area (Å²) in [5, 5.41) is 9.49. The van der Waals surface area contributed by atoms with Crippen LogP contribution in [0.4, 0.5) is 28.1 Å². The summed E-state index contributed by atoms with van der Waals surface area (Å²) >= 11 is 7.56. The molecule has 324 valence electrons. The number of hydrogen-bond acceptors (Lipinski definition) is 14. The number of thiazole rings is 1. The lowest BCUT2D eigenvalue weighted by Crippen LogP contribution is -2.54. The monoisotopic (exact) mass is 879 g/mol. The summed E-state index contributed by atoms with van der Waals surface area (Å²) in [5.41, 5.74) is 3.02. The van der Waals surface area contributed by atoms with E-state index in [0.29, 0.717) is 55.4 Å². The van der Waals surface area contributed by atoms with Gasteiger partial charge in [0.25, 0.3) is 17.7 Å². The standard InChI is InChI=1S/C44H50ClN11O5S/c1-26-5-3-7-33(45)39(26)51-41(59)35-23-46-44(62-35)49-36-22-37(48-27(2)47-36)54-15-12-29(13-16-54)53-19-17-52(18-20-53)24-28-6-4-14-55(25-28)30-8-9-31-32(21-30)43(61)56(42(31)60)34-10-11-38(57)50-40(34)58/h3,5,7-9,21-23,28-29,34H,4,6,10-20,24-25H2,1-2H3,(H,51,59)(H,50,57,58)(H,46,47,48,49). The number of rotatable bonds is 10. The van der Waals surface area contributed by atoms with E-state index in [4.69, 9.17) is 16.6 Å². The quantitative estimate of drug-likeness (QED) is 0.180. The number of piperazine rings is 1. The number of nitrogens with one attached hydrogen (secondary N) is 3. The zero-order valence-electron chi connectivity index (χ0n) is 34.9. The average Bonchev–Trinajstić information content (AvgIpc) is 3.83. The number of carbonyl (C=O) groups is 5. The number of carbonyl (C=O) groups excluding carboxylic acids is 5. The number of hydrogen-bond donors (Lipinski definition) is 3. The first-order chi connectivity index (χ1) is 30.0. The molecule has 16 nitrogen and oxygen atoms in total. The predicted molar refractivity (Wildman–Crippen MR) is 238 cm³/mol. The fourth-order valence-corrected chi connectivity index (χ4v) is 10.5. The van der Waals surface area contributed by atoms with E-state index in [0.717, 1.165) is 107 Å². The van der Waals surface area contributed by atoms with E-state index >= 15 is 0 Å². The van der Waals surface area contributed by atoms with E-state index in [1.165, 1.54) is 11.3 Å². The number of aryl methyl sites for hydroxylation is 2. The zero-order valence-corrected chi connectivity index (χ0v) is 36.4. The van der Waals surface area contributed by atoms with Crippen LogP contribution in [0.5, 0.6) is 0 Å². The molecule has 2 atom stereocenters. The van der Waals surface area contributed by atoms with Crippen molar-refractivity contribution in [3.8, 4) is 0 Å². The van der Waals surface area contributed by atoms with Crippen LogP contribution in [0.15, 0.2) is 48.7 Å². The molecule has 5 aliphatic heterocycles. The van der Waals surface area contributed by atoms with E-state index in [1.807, 2.05) is 44.2 Å². The molecule has 0 spiro atoms. The number of imide groups is 2. The Hall–Kier alpha value is -5.49. The number of fused-ring (bicyclic) bond motifs is 1. The lowest BCUT2D eigenvalue weighted by Gasteiger charge is -2.44. The van der Waals surface area contributed by atoms with Gasteiger partial charge in [0.2, 0.25) is 11.8 Å². The molecule has 0 bridgehead atoms. The maximum absolute atomic E-state index is 13.5. The van der Waals surface area contributed by atoms with Crippen LogP contribution in [0, 0.1) is 19.8 Å². The summed E-state index contributed by atoms with van der Waals surface area (Å²) in [4.78, 5) is 89.1. The van der Waals surface area contributed by atoms with Crippen molar-refractivity contribution in [3.05, 3.63) is 81.1 Å². The summed E-state index contributed by atoms with van der Waals surface area (Å²) in [5.74, 6) is 0.445. The third kappa shape index (κ3) is 8.76. The molecule has 62 heavy (non-hydrogen) atoms. The summed E-state index contributed by atoms with van der Waals surface area (Å²) in [6, 6.07) is 12.4. The van der Waals surface area contributed by atoms with Crippen molar-refractivity contribution in [2.75, 3.05) is 79.3 Å². The molecule has 2 aromatic heterocycles. The molecule has 2 unspecified atom stereocenters. The van der Waals surface area contributed by atoms with Gasteiger partial charge >= 0.3 is 0 Å². The largest absolute Gasteiger partial charge is 0.371 e. The molecular weight excluding hydrogens is 830 g/mol. The molecule has 0 saturated carbocycles. The highest BCUT2D eigenvalue weighted by molar-refractivity contribution is 7.17. The Labute approximate surface area is 369 Å². The second-order valence-electron chi connectivity index (χ2n) is 16.9. The Kier molecular flexibility index (Phi) is 12.0. The predicted octanol–water partition coefficient (Wildman–Crippen LogP) is 5.10. The van der Waals surface area contributed by atoms with Crippen molar-refractivity contribution < 1.29 is 24.0 Å². The van der Waals surface area contributed by atoms with Crippen molar-refractivity contribution >= 4 is 80.6 Å². The molecule has 4 aromatic rings. The Morgan fingerprint density at radius 1 is 0.887 bits per heavy atom. The first-order valence-corrected chi connectivity index (χ1v) is 22.6. The minimum Gasteiger partial charge on any atom is -0.371 e. The molecule has 5 aliphatic rings. The molecule has 9 rings (SSSR count). The Morgan fingerprint density at radius 2 is 1.68 bits per heavy atom. The average molecular weight is 880 g/mol. The van der Waals surface area contributed by atoms with Gasteiger partial charge in [0.05, 0.1) is 28.0 Å². The molecular formula is C44H50ClN11O5S. The van der Waals surface area contributed by atoms with Crippen molar-refractivity contribution in [2.24, 2.45) is 5.92 Å². The second-order valence-corrected chi connectivity index (χ2v) is 18.3. The van der Waals surface area contributed by atoms with Gasteiger partial charge in [-0.1, -0.05) is 35.1 Å². The fraction of sp³-hybridized carbons (Fsp3) is 0.455. The van der Waals surface area contributed by atoms with Crippen molar-refractivity contribution in [3.63, 3.8) is 0 Å². The Morgan fingerprint density at radius 3 is 2.45 bits per heavy atom. The van der Waals surface area contributed by atoms with Gasteiger partial charge in [-0.3, -0.25) is 39.1 Å². The van der Waals surface area contributed by atoms with Crippen LogP contribution in [0.1, 0.15) is 80.3 Å². The summed E-state index contributed by atoms with van der Waals surface area (Å²) in [6.07, 6.45) is 6.09. The molecule has 7 heterocycles. The summed E-state index contributed by atoms with van der Waals surface area (Å²) in [6.45, 7) is 12.5. The smallest absolute Gasteiger partial charge is 0.267 e. The minimum atomic E-state index is -0.969. The third-order valence-electron chi connectivity index (χ3n) is 12.8. The topological polar surface area (TPSA) is 176 Å². The fourth-order valence-electron chi connectivity index (χ4n) is 9.53. The number of halogens is 1. The number of anilines is 5. The molecule has 2 aromatic carbocycles. The van der Waals surface area contributed by atoms with E-state index < -0.39 is 23.8 Å². The number of amides is 5. The van der Waals surface area contributed by atoms with Gasteiger partial charge in [-0.05, 0) is 81.7 Å². The zero-order chi connectivity index (χ0) is 43.1. The molecule has 5 amide bonds. The normalized spacial score (nSPS) is 21.6. The lowest BCUT2D eigenvalue weighted by molar-refractivity contribution is -0.136. The highest BCUT2D eigenvalue weighted by atomic mass is 35.5. The van der Waals surface area contributed by atoms with Crippen LogP contribution in [0.2, 0.25) is 5.02 Å². The second kappa shape index (κ2) is 17.7. The van der Waals surface area contributed by atoms with Gasteiger partial charge in [0, 0.05) is 83.1 Å². The van der Waals surface area contributed by atoms with Crippen LogP contribution >= 0.6 is 22.9 Å². The summed E-state index contributed by atoms with van der Waals surface area (Å²) in [7, 11) is 0. The van der Waals surface area contributed by atoms with Crippen molar-refractivity contribution in [1.29, 1.82) is 0 Å². The van der Waals surface area contributed by atoms with Gasteiger partial charge in [0.1, 0.15) is 28.4 Å². The number of aromatic nitrogens is 3. The van der Waals surface area contributed by atoms with Crippen molar-refractivity contribution in [2.45, 2.75) is 64.5 Å². The van der Waals surface area contributed by atoms with Crippen LogP contribution in [-0.4, -0.2) is 130 Å². The number of benzene rings is 2. The number of piperidine rings is 3. The molecule has 4 saturated heterocycles. The van der Waals surface area contributed by atoms with Crippen LogP contribution < -0.4 is 25.8 Å². The van der Waals surface area contributed by atoms with Gasteiger partial charge in [-0.2, -0.15) is 0 Å². The maximum Gasteiger partial charge on any atom is 0.267 e.